The maximum absolute atomic E-state index is 12.6. The second-order valence-corrected chi connectivity index (χ2v) is 8.56. The molecule has 4 aromatic rings. The van der Waals surface area contributed by atoms with Crippen molar-refractivity contribution in [2.24, 2.45) is 0 Å². The molecule has 9 heteroatoms. The number of methoxy groups -OCH3 is 1. The van der Waals surface area contributed by atoms with E-state index in [-0.39, 0.29) is 24.0 Å². The van der Waals surface area contributed by atoms with E-state index in [9.17, 15) is 9.90 Å². The van der Waals surface area contributed by atoms with E-state index in [1.165, 1.54) is 18.4 Å². The van der Waals surface area contributed by atoms with Gasteiger partial charge < -0.3 is 19.9 Å². The third-order valence-corrected chi connectivity index (χ3v) is 6.54. The third-order valence-electron chi connectivity index (χ3n) is 5.55. The number of thiazole rings is 1. The highest BCUT2D eigenvalue weighted by atomic mass is 32.1. The lowest BCUT2D eigenvalue weighted by Crippen LogP contribution is -2.24. The second-order valence-electron chi connectivity index (χ2n) is 7.55. The average molecular weight is 451 g/mol. The number of rotatable bonds is 5. The fourth-order valence-corrected chi connectivity index (χ4v) is 5.09. The van der Waals surface area contributed by atoms with Crippen LogP contribution in [0.1, 0.15) is 36.1 Å². The SMILES string of the molecule is CCOc1ccc2nc(-n3nc(C)c4c3NC(=O)C[C@H]4c3ccc(OC)c(O)c3)sc2c1. The molecule has 0 bridgehead atoms. The number of fused-ring (bicyclic) bond motifs is 2. The Kier molecular flexibility index (Phi) is 4.97. The highest BCUT2D eigenvalue weighted by Gasteiger charge is 2.33. The van der Waals surface area contributed by atoms with Gasteiger partial charge in [-0.1, -0.05) is 17.4 Å². The van der Waals surface area contributed by atoms with Gasteiger partial charge >= 0.3 is 0 Å². The number of aromatic nitrogens is 3. The quantitative estimate of drug-likeness (QED) is 0.468. The van der Waals surface area contributed by atoms with E-state index in [2.05, 4.69) is 5.32 Å². The van der Waals surface area contributed by atoms with Crippen molar-refractivity contribution in [2.75, 3.05) is 19.0 Å². The van der Waals surface area contributed by atoms with Gasteiger partial charge in [-0.2, -0.15) is 9.78 Å². The summed E-state index contributed by atoms with van der Waals surface area (Å²) < 4.78 is 13.4. The Morgan fingerprint density at radius 2 is 2.12 bits per heavy atom. The van der Waals surface area contributed by atoms with Gasteiger partial charge in [-0.05, 0) is 49.7 Å². The summed E-state index contributed by atoms with van der Waals surface area (Å²) in [7, 11) is 1.50. The Morgan fingerprint density at radius 3 is 2.88 bits per heavy atom. The van der Waals surface area contributed by atoms with E-state index in [4.69, 9.17) is 19.6 Å². The summed E-state index contributed by atoms with van der Waals surface area (Å²) in [4.78, 5) is 17.3. The van der Waals surface area contributed by atoms with Crippen molar-refractivity contribution < 1.29 is 19.4 Å². The van der Waals surface area contributed by atoms with Gasteiger partial charge in [0, 0.05) is 17.9 Å². The number of nitrogens with zero attached hydrogens (tertiary/aromatic N) is 3. The number of nitrogens with one attached hydrogen (secondary N) is 1. The number of benzene rings is 2. The van der Waals surface area contributed by atoms with Crippen molar-refractivity contribution in [3.8, 4) is 22.4 Å². The number of phenolic OH excluding ortho intramolecular Hbond substituents is 1. The Hall–Kier alpha value is -3.59. The van der Waals surface area contributed by atoms with Gasteiger partial charge in [0.15, 0.2) is 11.5 Å². The Morgan fingerprint density at radius 1 is 1.28 bits per heavy atom. The number of amides is 1. The van der Waals surface area contributed by atoms with Crippen LogP contribution in [0.25, 0.3) is 15.3 Å². The molecule has 164 valence electrons. The molecule has 2 aromatic heterocycles. The Bertz CT molecular complexity index is 1340. The molecule has 1 aliphatic heterocycles. The maximum Gasteiger partial charge on any atom is 0.226 e. The summed E-state index contributed by atoms with van der Waals surface area (Å²) in [5, 5.41) is 18.6. The molecule has 0 aliphatic carbocycles. The fraction of sp³-hybridized carbons (Fsp3) is 0.261. The van der Waals surface area contributed by atoms with E-state index >= 15 is 0 Å². The molecule has 0 unspecified atom stereocenters. The molecule has 0 fully saturated rings. The molecule has 0 saturated carbocycles. The molecule has 0 spiro atoms. The largest absolute Gasteiger partial charge is 0.504 e. The zero-order chi connectivity index (χ0) is 22.4. The van der Waals surface area contributed by atoms with Crippen molar-refractivity contribution in [1.82, 2.24) is 14.8 Å². The van der Waals surface area contributed by atoms with Crippen LogP contribution in [0.15, 0.2) is 36.4 Å². The van der Waals surface area contributed by atoms with Crippen molar-refractivity contribution in [3.63, 3.8) is 0 Å². The molecule has 5 rings (SSSR count). The first-order valence-corrected chi connectivity index (χ1v) is 11.1. The molecular formula is C23H22N4O4S. The molecule has 1 amide bonds. The van der Waals surface area contributed by atoms with E-state index in [0.29, 0.717) is 23.3 Å². The molecule has 2 aromatic carbocycles. The smallest absolute Gasteiger partial charge is 0.226 e. The third kappa shape index (κ3) is 3.34. The summed E-state index contributed by atoms with van der Waals surface area (Å²) >= 11 is 1.48. The highest BCUT2D eigenvalue weighted by molar-refractivity contribution is 7.20. The van der Waals surface area contributed by atoms with Gasteiger partial charge in [-0.15, -0.1) is 0 Å². The summed E-state index contributed by atoms with van der Waals surface area (Å²) in [6.07, 6.45) is 0.267. The molecule has 1 aliphatic rings. The van der Waals surface area contributed by atoms with Crippen LogP contribution >= 0.6 is 11.3 Å². The lowest BCUT2D eigenvalue weighted by molar-refractivity contribution is -0.116. The number of aryl methyl sites for hydroxylation is 1. The molecular weight excluding hydrogens is 428 g/mol. The zero-order valence-electron chi connectivity index (χ0n) is 17.9. The first kappa shape index (κ1) is 20.3. The maximum atomic E-state index is 12.6. The molecule has 1 atom stereocenters. The van der Waals surface area contributed by atoms with Crippen LogP contribution < -0.4 is 14.8 Å². The monoisotopic (exact) mass is 450 g/mol. The molecule has 8 nitrogen and oxygen atoms in total. The number of hydrogen-bond acceptors (Lipinski definition) is 7. The minimum absolute atomic E-state index is 0.0406. The summed E-state index contributed by atoms with van der Waals surface area (Å²) in [5.41, 5.74) is 3.39. The van der Waals surface area contributed by atoms with Gasteiger partial charge in [-0.25, -0.2) is 4.98 Å². The van der Waals surface area contributed by atoms with Crippen molar-refractivity contribution in [2.45, 2.75) is 26.2 Å². The molecule has 3 heterocycles. The Balaban J connectivity index is 1.60. The minimum Gasteiger partial charge on any atom is -0.504 e. The van der Waals surface area contributed by atoms with Gasteiger partial charge in [0.05, 0.1) is 29.6 Å². The van der Waals surface area contributed by atoms with Crippen LogP contribution in [-0.4, -0.2) is 39.5 Å². The Labute approximate surface area is 188 Å². The molecule has 2 N–H and O–H groups in total. The summed E-state index contributed by atoms with van der Waals surface area (Å²) in [6.45, 7) is 4.46. The molecule has 32 heavy (non-hydrogen) atoms. The van der Waals surface area contributed by atoms with Crippen LogP contribution in [0.3, 0.4) is 0 Å². The normalized spacial score (nSPS) is 15.5. The van der Waals surface area contributed by atoms with Crippen LogP contribution in [-0.2, 0) is 4.79 Å². The lowest BCUT2D eigenvalue weighted by Gasteiger charge is -2.24. The number of carbonyl (C=O) groups is 1. The van der Waals surface area contributed by atoms with Crippen LogP contribution in [0.4, 0.5) is 5.82 Å². The minimum atomic E-state index is -0.233. The zero-order valence-corrected chi connectivity index (χ0v) is 18.7. The summed E-state index contributed by atoms with van der Waals surface area (Å²) in [5.74, 6) is 1.49. The van der Waals surface area contributed by atoms with E-state index < -0.39 is 0 Å². The van der Waals surface area contributed by atoms with Crippen molar-refractivity contribution in [1.29, 1.82) is 0 Å². The van der Waals surface area contributed by atoms with Crippen LogP contribution in [0.2, 0.25) is 0 Å². The van der Waals surface area contributed by atoms with Crippen LogP contribution in [0.5, 0.6) is 17.2 Å². The highest BCUT2D eigenvalue weighted by Crippen LogP contribution is 2.43. The summed E-state index contributed by atoms with van der Waals surface area (Å²) in [6, 6.07) is 11.0. The van der Waals surface area contributed by atoms with E-state index in [1.807, 2.05) is 38.1 Å². The van der Waals surface area contributed by atoms with E-state index in [1.54, 1.807) is 16.8 Å². The van der Waals surface area contributed by atoms with Gasteiger partial charge in [-0.3, -0.25) is 4.79 Å². The number of phenols is 1. The predicted molar refractivity (Wildman–Crippen MR) is 122 cm³/mol. The predicted octanol–water partition coefficient (Wildman–Crippen LogP) is 4.38. The van der Waals surface area contributed by atoms with Gasteiger partial charge in [0.1, 0.15) is 11.6 Å². The standard InChI is InChI=1S/C23H22N4O4S/c1-4-31-14-6-7-16-19(10-14)32-23(24-16)27-22-21(12(2)26-27)15(11-20(29)25-22)13-5-8-18(30-3)17(28)9-13/h5-10,15,28H,4,11H2,1-3H3,(H,25,29)/t15-/m0/s1. The first-order chi connectivity index (χ1) is 15.5. The first-order valence-electron chi connectivity index (χ1n) is 10.3. The van der Waals surface area contributed by atoms with Crippen molar-refractivity contribution >= 4 is 33.3 Å². The number of ether oxygens (including phenoxy) is 2. The van der Waals surface area contributed by atoms with Crippen molar-refractivity contribution in [3.05, 3.63) is 53.2 Å². The number of carbonyl (C=O) groups excluding carboxylic acids is 1. The lowest BCUT2D eigenvalue weighted by atomic mass is 9.85. The fourth-order valence-electron chi connectivity index (χ4n) is 4.13. The van der Waals surface area contributed by atoms with Crippen LogP contribution in [0, 0.1) is 6.92 Å². The van der Waals surface area contributed by atoms with Gasteiger partial charge in [0.25, 0.3) is 0 Å². The van der Waals surface area contributed by atoms with E-state index in [0.717, 1.165) is 32.8 Å². The topological polar surface area (TPSA) is 98.5 Å². The molecule has 0 radical (unpaired) electrons. The molecule has 0 saturated heterocycles. The number of hydrogen-bond donors (Lipinski definition) is 2. The van der Waals surface area contributed by atoms with Gasteiger partial charge in [0.2, 0.25) is 11.0 Å². The number of anilines is 1. The number of aromatic hydroxyl groups is 1. The second kappa shape index (κ2) is 7.83. The average Bonchev–Trinajstić information content (AvgIpc) is 3.34.